The van der Waals surface area contributed by atoms with Crippen molar-refractivity contribution in [3.8, 4) is 17.2 Å². The Morgan fingerprint density at radius 2 is 2.12 bits per heavy atom. The van der Waals surface area contributed by atoms with E-state index in [-0.39, 0.29) is 23.3 Å². The van der Waals surface area contributed by atoms with Crippen molar-refractivity contribution in [2.24, 2.45) is 0 Å². The van der Waals surface area contributed by atoms with Gasteiger partial charge in [-0.1, -0.05) is 18.5 Å². The molecule has 1 heterocycles. The van der Waals surface area contributed by atoms with E-state index in [1.165, 1.54) is 6.07 Å². The minimum absolute atomic E-state index is 0.0544. The maximum Gasteiger partial charge on any atom is 0.166 e. The van der Waals surface area contributed by atoms with Gasteiger partial charge in [-0.3, -0.25) is 0 Å². The highest BCUT2D eigenvalue weighted by atomic mass is 35.5. The highest BCUT2D eigenvalue weighted by molar-refractivity contribution is 6.33. The van der Waals surface area contributed by atoms with Crippen LogP contribution < -0.4 is 9.47 Å². The molecule has 1 atom stereocenters. The van der Waals surface area contributed by atoms with E-state index in [0.29, 0.717) is 30.3 Å². The molecule has 1 aromatic carbocycles. The summed E-state index contributed by atoms with van der Waals surface area (Å²) in [6.45, 7) is 2.62. The first kappa shape index (κ1) is 11.4. The Morgan fingerprint density at radius 3 is 2.81 bits per heavy atom. The summed E-state index contributed by atoms with van der Waals surface area (Å²) in [6.07, 6.45) is 0. The van der Waals surface area contributed by atoms with Gasteiger partial charge in [0.1, 0.15) is 19.0 Å². The van der Waals surface area contributed by atoms with Crippen molar-refractivity contribution < 1.29 is 19.7 Å². The monoisotopic (exact) mass is 244 g/mol. The van der Waals surface area contributed by atoms with Crippen LogP contribution in [-0.4, -0.2) is 30.0 Å². The average molecular weight is 245 g/mol. The minimum Gasteiger partial charge on any atom is -0.506 e. The molecule has 1 aromatic rings. The third kappa shape index (κ3) is 1.79. The lowest BCUT2D eigenvalue weighted by Gasteiger charge is -2.24. The molecule has 0 spiro atoms. The molecule has 4 nitrogen and oxygen atoms in total. The SMILES string of the molecule is CC(CO)c1c(Cl)c(O)cc2c1OCCO2. The number of phenolic OH excluding ortho intramolecular Hbond substituents is 1. The summed E-state index contributed by atoms with van der Waals surface area (Å²) in [5, 5.41) is 19.0. The van der Waals surface area contributed by atoms with Crippen LogP contribution in [0.2, 0.25) is 5.02 Å². The number of hydrogen-bond donors (Lipinski definition) is 2. The molecule has 0 saturated carbocycles. The van der Waals surface area contributed by atoms with Gasteiger partial charge >= 0.3 is 0 Å². The third-order valence-corrected chi connectivity index (χ3v) is 2.95. The number of phenols is 1. The average Bonchev–Trinajstić information content (AvgIpc) is 2.30. The maximum atomic E-state index is 9.65. The van der Waals surface area contributed by atoms with Crippen molar-refractivity contribution in [2.75, 3.05) is 19.8 Å². The Labute approximate surface area is 98.4 Å². The van der Waals surface area contributed by atoms with Gasteiger partial charge in [0.15, 0.2) is 11.5 Å². The van der Waals surface area contributed by atoms with Gasteiger partial charge in [0.2, 0.25) is 0 Å². The summed E-state index contributed by atoms with van der Waals surface area (Å²) in [4.78, 5) is 0. The van der Waals surface area contributed by atoms with Gasteiger partial charge in [0.25, 0.3) is 0 Å². The number of ether oxygens (including phenoxy) is 2. The van der Waals surface area contributed by atoms with E-state index >= 15 is 0 Å². The van der Waals surface area contributed by atoms with Gasteiger partial charge in [-0.15, -0.1) is 0 Å². The molecule has 0 saturated heterocycles. The van der Waals surface area contributed by atoms with Crippen molar-refractivity contribution in [2.45, 2.75) is 12.8 Å². The number of rotatable bonds is 2. The third-order valence-electron chi connectivity index (χ3n) is 2.55. The first-order chi connectivity index (χ1) is 7.65. The van der Waals surface area contributed by atoms with E-state index in [1.54, 1.807) is 6.92 Å². The zero-order chi connectivity index (χ0) is 11.7. The number of halogens is 1. The Bertz CT molecular complexity index is 405. The molecule has 0 aliphatic carbocycles. The number of hydrogen-bond acceptors (Lipinski definition) is 4. The van der Waals surface area contributed by atoms with Crippen LogP contribution in [0.15, 0.2) is 6.07 Å². The second-order valence-electron chi connectivity index (χ2n) is 3.73. The Balaban J connectivity index is 2.59. The fraction of sp³-hybridized carbons (Fsp3) is 0.455. The van der Waals surface area contributed by atoms with E-state index in [0.717, 1.165) is 0 Å². The van der Waals surface area contributed by atoms with Crippen molar-refractivity contribution >= 4 is 11.6 Å². The Morgan fingerprint density at radius 1 is 1.44 bits per heavy atom. The second kappa shape index (κ2) is 4.39. The van der Waals surface area contributed by atoms with Crippen LogP contribution in [0.1, 0.15) is 18.4 Å². The van der Waals surface area contributed by atoms with Gasteiger partial charge in [0, 0.05) is 24.2 Å². The van der Waals surface area contributed by atoms with Crippen LogP contribution in [0.3, 0.4) is 0 Å². The van der Waals surface area contributed by atoms with Gasteiger partial charge in [-0.25, -0.2) is 0 Å². The molecule has 0 amide bonds. The lowest BCUT2D eigenvalue weighted by molar-refractivity contribution is 0.167. The Kier molecular flexibility index (Phi) is 3.12. The molecule has 1 aliphatic rings. The van der Waals surface area contributed by atoms with Crippen molar-refractivity contribution in [3.05, 3.63) is 16.7 Å². The summed E-state index contributed by atoms with van der Waals surface area (Å²) in [5.74, 6) is 0.732. The molecule has 0 radical (unpaired) electrons. The largest absolute Gasteiger partial charge is 0.506 e. The number of benzene rings is 1. The highest BCUT2D eigenvalue weighted by Crippen LogP contribution is 2.46. The van der Waals surface area contributed by atoms with Gasteiger partial charge in [0.05, 0.1) is 5.02 Å². The Hall–Kier alpha value is -1.13. The second-order valence-corrected chi connectivity index (χ2v) is 4.11. The summed E-state index contributed by atoms with van der Waals surface area (Å²) < 4.78 is 10.9. The maximum absolute atomic E-state index is 9.65. The highest BCUT2D eigenvalue weighted by Gasteiger charge is 2.25. The number of fused-ring (bicyclic) bond motifs is 1. The number of aliphatic hydroxyl groups is 1. The summed E-state index contributed by atoms with van der Waals surface area (Å²) in [5.41, 5.74) is 0.596. The molecule has 2 rings (SSSR count). The van der Waals surface area contributed by atoms with Crippen molar-refractivity contribution in [1.29, 1.82) is 0 Å². The van der Waals surface area contributed by atoms with Crippen LogP contribution in [0, 0.1) is 0 Å². The summed E-state index contributed by atoms with van der Waals surface area (Å²) in [7, 11) is 0. The van der Waals surface area contributed by atoms with Crippen LogP contribution in [0.4, 0.5) is 0 Å². The molecule has 16 heavy (non-hydrogen) atoms. The fourth-order valence-electron chi connectivity index (χ4n) is 1.71. The molecule has 1 aliphatic heterocycles. The smallest absolute Gasteiger partial charge is 0.166 e. The first-order valence-corrected chi connectivity index (χ1v) is 5.44. The molecule has 1 unspecified atom stereocenters. The quantitative estimate of drug-likeness (QED) is 0.835. The van der Waals surface area contributed by atoms with Gasteiger partial charge < -0.3 is 19.7 Å². The lowest BCUT2D eigenvalue weighted by Crippen LogP contribution is -2.18. The van der Waals surface area contributed by atoms with Crippen molar-refractivity contribution in [1.82, 2.24) is 0 Å². The molecule has 2 N–H and O–H groups in total. The predicted molar refractivity (Wildman–Crippen MR) is 59.6 cm³/mol. The molecule has 0 aromatic heterocycles. The molecule has 0 fully saturated rings. The summed E-state index contributed by atoms with van der Waals surface area (Å²) >= 11 is 6.01. The normalized spacial score (nSPS) is 15.9. The van der Waals surface area contributed by atoms with E-state index in [2.05, 4.69) is 0 Å². The van der Waals surface area contributed by atoms with Crippen LogP contribution in [0.25, 0.3) is 0 Å². The first-order valence-electron chi connectivity index (χ1n) is 5.07. The van der Waals surface area contributed by atoms with Gasteiger partial charge in [-0.05, 0) is 0 Å². The lowest BCUT2D eigenvalue weighted by atomic mass is 9.99. The van der Waals surface area contributed by atoms with E-state index < -0.39 is 0 Å². The van der Waals surface area contributed by atoms with Crippen molar-refractivity contribution in [3.63, 3.8) is 0 Å². The standard InChI is InChI=1S/C11H13ClO4/c1-6(5-13)9-10(12)7(14)4-8-11(9)16-3-2-15-8/h4,6,13-14H,2-3,5H2,1H3. The molecule has 88 valence electrons. The van der Waals surface area contributed by atoms with Crippen LogP contribution in [-0.2, 0) is 0 Å². The van der Waals surface area contributed by atoms with Gasteiger partial charge in [-0.2, -0.15) is 0 Å². The van der Waals surface area contributed by atoms with Crippen LogP contribution >= 0.6 is 11.6 Å². The molecular weight excluding hydrogens is 232 g/mol. The van der Waals surface area contributed by atoms with E-state index in [9.17, 15) is 5.11 Å². The van der Waals surface area contributed by atoms with E-state index in [4.69, 9.17) is 26.2 Å². The fourth-order valence-corrected chi connectivity index (χ4v) is 2.03. The van der Waals surface area contributed by atoms with E-state index in [1.807, 2.05) is 0 Å². The number of aromatic hydroxyl groups is 1. The van der Waals surface area contributed by atoms with Crippen LogP contribution in [0.5, 0.6) is 17.2 Å². The predicted octanol–water partition coefficient (Wildman–Crippen LogP) is 1.91. The molecule has 0 bridgehead atoms. The zero-order valence-corrected chi connectivity index (χ0v) is 9.62. The topological polar surface area (TPSA) is 58.9 Å². The minimum atomic E-state index is -0.213. The molecular formula is C11H13ClO4. The molecule has 5 heteroatoms. The summed E-state index contributed by atoms with van der Waals surface area (Å²) in [6, 6.07) is 1.43. The number of aliphatic hydroxyl groups excluding tert-OH is 1. The zero-order valence-electron chi connectivity index (χ0n) is 8.86.